The molecule has 0 N–H and O–H groups in total. The summed E-state index contributed by atoms with van der Waals surface area (Å²) in [6.07, 6.45) is 0. The molecule has 2 aromatic rings. The number of hydrogen-bond acceptors (Lipinski definition) is 2. The Morgan fingerprint density at radius 3 is 2.00 bits per heavy atom. The monoisotopic (exact) mass is 305 g/mol. The van der Waals surface area contributed by atoms with Crippen molar-refractivity contribution in [3.05, 3.63) is 48.5 Å². The molecular weight excluding hydrogens is 280 g/mol. The standard InChI is InChI=1S/C16H18O2S.C2H6/c1-3-17-13-8-10-15(11-9-13)19-16-7-5-6-14(12-16)18-4-2;1-2/h5-12H,3-4H2,1-2H3;1-2H3/p+1. The highest BCUT2D eigenvalue weighted by atomic mass is 32.2. The second kappa shape index (κ2) is 10.2. The van der Waals surface area contributed by atoms with Gasteiger partial charge in [0.15, 0.2) is 9.79 Å². The largest absolute Gasteiger partial charge is 0.494 e. The van der Waals surface area contributed by atoms with Crippen molar-refractivity contribution in [1.29, 1.82) is 0 Å². The first-order chi connectivity index (χ1) is 10.3. The van der Waals surface area contributed by atoms with Crippen LogP contribution in [-0.4, -0.2) is 13.2 Å². The number of rotatable bonds is 6. The second-order valence-electron chi connectivity index (χ2n) is 3.97. The van der Waals surface area contributed by atoms with Gasteiger partial charge in [0, 0.05) is 17.8 Å². The molecule has 0 saturated carbocycles. The molecule has 0 unspecified atom stereocenters. The minimum absolute atomic E-state index is 0.698. The number of ether oxygens (including phenoxy) is 2. The van der Waals surface area contributed by atoms with Gasteiger partial charge in [0.2, 0.25) is 0 Å². The summed E-state index contributed by atoms with van der Waals surface area (Å²) in [5.41, 5.74) is 0. The minimum atomic E-state index is 0.698. The zero-order valence-corrected chi connectivity index (χ0v) is 14.2. The molecule has 0 fully saturated rings. The molecule has 0 amide bonds. The number of thiol groups is 1. The molecule has 114 valence electrons. The van der Waals surface area contributed by atoms with E-state index in [1.54, 1.807) is 0 Å². The molecule has 0 saturated heterocycles. The third-order valence-electron chi connectivity index (χ3n) is 2.53. The summed E-state index contributed by atoms with van der Waals surface area (Å²) >= 11 is 1.18. The van der Waals surface area contributed by atoms with Gasteiger partial charge in [-0.2, -0.15) is 0 Å². The van der Waals surface area contributed by atoms with Crippen LogP contribution >= 0.6 is 0 Å². The van der Waals surface area contributed by atoms with Gasteiger partial charge in [0.05, 0.1) is 13.2 Å². The average Bonchev–Trinajstić information content (AvgIpc) is 2.52. The van der Waals surface area contributed by atoms with E-state index in [9.17, 15) is 0 Å². The van der Waals surface area contributed by atoms with E-state index in [0.29, 0.717) is 13.2 Å². The third kappa shape index (κ3) is 6.13. The number of benzene rings is 2. The van der Waals surface area contributed by atoms with Crippen molar-refractivity contribution >= 4 is 11.8 Å². The highest BCUT2D eigenvalue weighted by molar-refractivity contribution is 7.78. The summed E-state index contributed by atoms with van der Waals surface area (Å²) < 4.78 is 10.9. The van der Waals surface area contributed by atoms with Crippen molar-refractivity contribution in [3.8, 4) is 11.5 Å². The zero-order chi connectivity index (χ0) is 15.5. The van der Waals surface area contributed by atoms with Gasteiger partial charge in [0.25, 0.3) is 0 Å². The quantitative estimate of drug-likeness (QED) is 0.567. The van der Waals surface area contributed by atoms with Crippen molar-refractivity contribution in [2.24, 2.45) is 0 Å². The van der Waals surface area contributed by atoms with Crippen molar-refractivity contribution in [1.82, 2.24) is 0 Å². The lowest BCUT2D eigenvalue weighted by Crippen LogP contribution is -1.93. The smallest absolute Gasteiger partial charge is 0.161 e. The average molecular weight is 305 g/mol. The maximum absolute atomic E-state index is 5.51. The molecule has 0 spiro atoms. The first kappa shape index (κ1) is 17.4. The maximum Gasteiger partial charge on any atom is 0.161 e. The van der Waals surface area contributed by atoms with Gasteiger partial charge in [0.1, 0.15) is 11.5 Å². The van der Waals surface area contributed by atoms with E-state index in [0.717, 1.165) is 11.5 Å². The van der Waals surface area contributed by atoms with Crippen molar-refractivity contribution in [2.75, 3.05) is 13.2 Å². The van der Waals surface area contributed by atoms with Gasteiger partial charge in [-0.25, -0.2) is 0 Å². The fourth-order valence-electron chi connectivity index (χ4n) is 1.74. The lowest BCUT2D eigenvalue weighted by molar-refractivity contribution is 0.339. The van der Waals surface area contributed by atoms with E-state index in [1.165, 1.54) is 21.6 Å². The van der Waals surface area contributed by atoms with E-state index < -0.39 is 0 Å². The van der Waals surface area contributed by atoms with Crippen molar-refractivity contribution in [3.63, 3.8) is 0 Å². The Bertz CT molecular complexity index is 509. The van der Waals surface area contributed by atoms with Gasteiger partial charge in [-0.1, -0.05) is 19.9 Å². The molecule has 0 aliphatic rings. The van der Waals surface area contributed by atoms with Gasteiger partial charge in [-0.3, -0.25) is 0 Å². The highest BCUT2D eigenvalue weighted by Gasteiger charge is 2.08. The summed E-state index contributed by atoms with van der Waals surface area (Å²) in [5, 5.41) is 0. The lowest BCUT2D eigenvalue weighted by Gasteiger charge is -2.03. The van der Waals surface area contributed by atoms with Crippen LogP contribution < -0.4 is 9.47 Å². The fourth-order valence-corrected chi connectivity index (χ4v) is 2.69. The van der Waals surface area contributed by atoms with E-state index in [4.69, 9.17) is 9.47 Å². The summed E-state index contributed by atoms with van der Waals surface area (Å²) in [6, 6.07) is 16.4. The van der Waals surface area contributed by atoms with Gasteiger partial charge < -0.3 is 9.47 Å². The van der Waals surface area contributed by atoms with Gasteiger partial charge in [-0.05, 0) is 50.2 Å². The molecule has 0 aliphatic carbocycles. The van der Waals surface area contributed by atoms with E-state index in [-0.39, 0.29) is 0 Å². The molecule has 0 aromatic heterocycles. The topological polar surface area (TPSA) is 18.5 Å². The van der Waals surface area contributed by atoms with Crippen LogP contribution in [0.1, 0.15) is 27.7 Å². The molecule has 0 atom stereocenters. The Morgan fingerprint density at radius 2 is 1.38 bits per heavy atom. The Hall–Kier alpha value is -1.61. The summed E-state index contributed by atoms with van der Waals surface area (Å²) in [6.45, 7) is 9.39. The molecule has 2 nitrogen and oxygen atoms in total. The first-order valence-corrected chi connectivity index (χ1v) is 8.38. The van der Waals surface area contributed by atoms with Crippen LogP contribution in [0.15, 0.2) is 58.3 Å². The third-order valence-corrected chi connectivity index (χ3v) is 3.63. The van der Waals surface area contributed by atoms with Crippen LogP contribution in [-0.2, 0) is 11.8 Å². The molecule has 0 radical (unpaired) electrons. The predicted molar refractivity (Wildman–Crippen MR) is 91.9 cm³/mol. The molecule has 21 heavy (non-hydrogen) atoms. The first-order valence-electron chi connectivity index (χ1n) is 7.49. The minimum Gasteiger partial charge on any atom is -0.494 e. The fraction of sp³-hybridized carbons (Fsp3) is 0.333. The van der Waals surface area contributed by atoms with E-state index in [1.807, 2.05) is 52.0 Å². The summed E-state index contributed by atoms with van der Waals surface area (Å²) in [4.78, 5) is 2.48. The number of hydrogen-bond donors (Lipinski definition) is 0. The molecule has 2 aromatic carbocycles. The van der Waals surface area contributed by atoms with Gasteiger partial charge >= 0.3 is 0 Å². The van der Waals surface area contributed by atoms with Crippen LogP contribution in [0.4, 0.5) is 0 Å². The summed E-state index contributed by atoms with van der Waals surface area (Å²) in [5.74, 6) is 1.85. The Morgan fingerprint density at radius 1 is 0.762 bits per heavy atom. The van der Waals surface area contributed by atoms with Crippen molar-refractivity contribution in [2.45, 2.75) is 37.5 Å². The predicted octanol–water partition coefficient (Wildman–Crippen LogP) is 4.74. The molecule has 0 bridgehead atoms. The molecule has 2 rings (SSSR count). The Balaban J connectivity index is 0.00000106. The van der Waals surface area contributed by atoms with Crippen LogP contribution in [0.5, 0.6) is 11.5 Å². The van der Waals surface area contributed by atoms with Crippen LogP contribution in [0.3, 0.4) is 0 Å². The Kier molecular flexibility index (Phi) is 8.44. The van der Waals surface area contributed by atoms with E-state index >= 15 is 0 Å². The second-order valence-corrected chi connectivity index (χ2v) is 5.23. The lowest BCUT2D eigenvalue weighted by atomic mass is 10.3. The molecular formula is C18H25O2S+. The normalized spacial score (nSPS) is 9.52. The van der Waals surface area contributed by atoms with E-state index in [2.05, 4.69) is 24.3 Å². The van der Waals surface area contributed by atoms with Crippen LogP contribution in [0, 0.1) is 0 Å². The van der Waals surface area contributed by atoms with Crippen LogP contribution in [0.25, 0.3) is 0 Å². The van der Waals surface area contributed by atoms with Crippen molar-refractivity contribution < 1.29 is 9.47 Å². The SMILES string of the molecule is CC.CCOc1ccc([SH+]c2cccc(OCC)c2)cc1. The Labute approximate surface area is 132 Å². The molecule has 0 heterocycles. The molecule has 3 heteroatoms. The molecule has 0 aliphatic heterocycles. The summed E-state index contributed by atoms with van der Waals surface area (Å²) in [7, 11) is 0. The highest BCUT2D eigenvalue weighted by Crippen LogP contribution is 2.20. The van der Waals surface area contributed by atoms with Gasteiger partial charge in [-0.15, -0.1) is 0 Å². The zero-order valence-electron chi connectivity index (χ0n) is 13.3. The maximum atomic E-state index is 5.51. The van der Waals surface area contributed by atoms with Crippen LogP contribution in [0.2, 0.25) is 0 Å².